The standard InChI is InChI=1S/C17H18N2O4S/c1-12(20)18-14-4-3-5-15(11-14)19-17(21)10-13-6-8-16(9-7-13)24(2,22)23/h3-9,11H,10H2,1-2H3,(H,18,20)(H,19,21). The normalized spacial score (nSPS) is 10.9. The lowest BCUT2D eigenvalue weighted by Gasteiger charge is -2.08. The SMILES string of the molecule is CC(=O)Nc1cccc(NC(=O)Cc2ccc(S(C)(=O)=O)cc2)c1. The van der Waals surface area contributed by atoms with Crippen LogP contribution in [-0.2, 0) is 25.8 Å². The zero-order valence-electron chi connectivity index (χ0n) is 13.4. The van der Waals surface area contributed by atoms with E-state index in [1.807, 2.05) is 0 Å². The molecule has 0 aromatic heterocycles. The van der Waals surface area contributed by atoms with Gasteiger partial charge in [-0.15, -0.1) is 0 Å². The van der Waals surface area contributed by atoms with Gasteiger partial charge in [-0.2, -0.15) is 0 Å². The first-order valence-electron chi connectivity index (χ1n) is 7.20. The Morgan fingerprint density at radius 3 is 2.08 bits per heavy atom. The highest BCUT2D eigenvalue weighted by molar-refractivity contribution is 7.90. The van der Waals surface area contributed by atoms with Gasteiger partial charge in [0.2, 0.25) is 11.8 Å². The highest BCUT2D eigenvalue weighted by atomic mass is 32.2. The van der Waals surface area contributed by atoms with Crippen molar-refractivity contribution in [2.75, 3.05) is 16.9 Å². The van der Waals surface area contributed by atoms with Crippen LogP contribution in [0, 0.1) is 0 Å². The van der Waals surface area contributed by atoms with E-state index in [0.717, 1.165) is 6.26 Å². The Morgan fingerprint density at radius 1 is 0.958 bits per heavy atom. The van der Waals surface area contributed by atoms with Gasteiger partial charge in [0.05, 0.1) is 11.3 Å². The maximum atomic E-state index is 12.1. The van der Waals surface area contributed by atoms with Crippen LogP contribution in [0.15, 0.2) is 53.4 Å². The van der Waals surface area contributed by atoms with Gasteiger partial charge in [-0.25, -0.2) is 8.42 Å². The maximum Gasteiger partial charge on any atom is 0.228 e. The fraction of sp³-hybridized carbons (Fsp3) is 0.176. The van der Waals surface area contributed by atoms with Gasteiger partial charge >= 0.3 is 0 Å². The van der Waals surface area contributed by atoms with E-state index in [-0.39, 0.29) is 23.1 Å². The Bertz CT molecular complexity index is 858. The highest BCUT2D eigenvalue weighted by Crippen LogP contribution is 2.16. The molecule has 2 aromatic rings. The van der Waals surface area contributed by atoms with E-state index in [1.54, 1.807) is 36.4 Å². The Kier molecular flexibility index (Phi) is 5.35. The molecular formula is C17H18N2O4S. The Morgan fingerprint density at radius 2 is 1.54 bits per heavy atom. The molecule has 0 saturated heterocycles. The maximum absolute atomic E-state index is 12.1. The van der Waals surface area contributed by atoms with Crippen molar-refractivity contribution < 1.29 is 18.0 Å². The van der Waals surface area contributed by atoms with Gasteiger partial charge in [0.25, 0.3) is 0 Å². The lowest BCUT2D eigenvalue weighted by molar-refractivity contribution is -0.115. The molecule has 2 amide bonds. The number of rotatable bonds is 5. The van der Waals surface area contributed by atoms with E-state index >= 15 is 0 Å². The molecule has 0 unspecified atom stereocenters. The monoisotopic (exact) mass is 346 g/mol. The summed E-state index contributed by atoms with van der Waals surface area (Å²) in [6, 6.07) is 13.0. The van der Waals surface area contributed by atoms with Crippen LogP contribution >= 0.6 is 0 Å². The number of amides is 2. The smallest absolute Gasteiger partial charge is 0.228 e. The number of carbonyl (C=O) groups is 2. The summed E-state index contributed by atoms with van der Waals surface area (Å²) in [6.07, 6.45) is 1.26. The molecule has 0 fully saturated rings. The van der Waals surface area contributed by atoms with Crippen molar-refractivity contribution in [1.29, 1.82) is 0 Å². The fourth-order valence-electron chi connectivity index (χ4n) is 2.12. The van der Waals surface area contributed by atoms with Gasteiger partial charge in [0, 0.05) is 24.6 Å². The van der Waals surface area contributed by atoms with Crippen molar-refractivity contribution in [2.24, 2.45) is 0 Å². The van der Waals surface area contributed by atoms with E-state index in [9.17, 15) is 18.0 Å². The van der Waals surface area contributed by atoms with Crippen molar-refractivity contribution >= 4 is 33.0 Å². The largest absolute Gasteiger partial charge is 0.326 e. The quantitative estimate of drug-likeness (QED) is 0.868. The molecule has 2 rings (SSSR count). The highest BCUT2D eigenvalue weighted by Gasteiger charge is 2.09. The molecule has 0 radical (unpaired) electrons. The first-order valence-corrected chi connectivity index (χ1v) is 9.10. The molecular weight excluding hydrogens is 328 g/mol. The van der Waals surface area contributed by atoms with E-state index in [2.05, 4.69) is 10.6 Å². The lowest BCUT2D eigenvalue weighted by atomic mass is 10.1. The third-order valence-electron chi connectivity index (χ3n) is 3.18. The first-order chi connectivity index (χ1) is 11.2. The second-order valence-electron chi connectivity index (χ2n) is 5.40. The van der Waals surface area contributed by atoms with E-state index in [4.69, 9.17) is 0 Å². The van der Waals surface area contributed by atoms with Crippen molar-refractivity contribution in [3.8, 4) is 0 Å². The molecule has 6 nitrogen and oxygen atoms in total. The minimum atomic E-state index is -3.25. The Labute approximate surface area is 140 Å². The van der Waals surface area contributed by atoms with Crippen LogP contribution in [0.5, 0.6) is 0 Å². The molecule has 24 heavy (non-hydrogen) atoms. The van der Waals surface area contributed by atoms with E-state index in [0.29, 0.717) is 16.9 Å². The zero-order valence-corrected chi connectivity index (χ0v) is 14.2. The second-order valence-corrected chi connectivity index (χ2v) is 7.42. The second kappa shape index (κ2) is 7.27. The molecule has 0 aliphatic rings. The molecule has 126 valence electrons. The lowest BCUT2D eigenvalue weighted by Crippen LogP contribution is -2.15. The number of hydrogen-bond donors (Lipinski definition) is 2. The van der Waals surface area contributed by atoms with Gasteiger partial charge in [0.1, 0.15) is 0 Å². The van der Waals surface area contributed by atoms with Crippen molar-refractivity contribution in [3.05, 3.63) is 54.1 Å². The third kappa shape index (κ3) is 5.20. The molecule has 0 atom stereocenters. The van der Waals surface area contributed by atoms with Crippen LogP contribution in [0.2, 0.25) is 0 Å². The van der Waals surface area contributed by atoms with Crippen molar-refractivity contribution in [1.82, 2.24) is 0 Å². The number of benzene rings is 2. The van der Waals surface area contributed by atoms with Gasteiger partial charge in [-0.05, 0) is 35.9 Å². The van der Waals surface area contributed by atoms with Crippen LogP contribution < -0.4 is 10.6 Å². The molecule has 2 N–H and O–H groups in total. The van der Waals surface area contributed by atoms with Crippen molar-refractivity contribution in [2.45, 2.75) is 18.2 Å². The molecule has 0 aliphatic carbocycles. The molecule has 2 aromatic carbocycles. The number of anilines is 2. The summed E-state index contributed by atoms with van der Waals surface area (Å²) in [5.41, 5.74) is 1.87. The van der Waals surface area contributed by atoms with Crippen molar-refractivity contribution in [3.63, 3.8) is 0 Å². The summed E-state index contributed by atoms with van der Waals surface area (Å²) in [5, 5.41) is 5.38. The predicted molar refractivity (Wildman–Crippen MR) is 92.6 cm³/mol. The average Bonchev–Trinajstić information content (AvgIpc) is 2.46. The first kappa shape index (κ1) is 17.7. The summed E-state index contributed by atoms with van der Waals surface area (Å²) in [7, 11) is -3.25. The van der Waals surface area contributed by atoms with Crippen LogP contribution in [0.25, 0.3) is 0 Å². The summed E-state index contributed by atoms with van der Waals surface area (Å²) >= 11 is 0. The fourth-order valence-corrected chi connectivity index (χ4v) is 2.75. The van der Waals surface area contributed by atoms with Gasteiger partial charge in [0.15, 0.2) is 9.84 Å². The van der Waals surface area contributed by atoms with Crippen LogP contribution in [0.1, 0.15) is 12.5 Å². The Balaban J connectivity index is 2.02. The molecule has 0 saturated carbocycles. The van der Waals surface area contributed by atoms with Gasteiger partial charge < -0.3 is 10.6 Å². The number of nitrogens with one attached hydrogen (secondary N) is 2. The molecule has 0 aliphatic heterocycles. The minimum absolute atomic E-state index is 0.119. The number of carbonyl (C=O) groups excluding carboxylic acids is 2. The van der Waals surface area contributed by atoms with E-state index in [1.165, 1.54) is 19.1 Å². The molecule has 0 bridgehead atoms. The van der Waals surface area contributed by atoms with Gasteiger partial charge in [-0.1, -0.05) is 18.2 Å². The third-order valence-corrected chi connectivity index (χ3v) is 4.31. The summed E-state index contributed by atoms with van der Waals surface area (Å²) in [4.78, 5) is 23.3. The molecule has 7 heteroatoms. The topological polar surface area (TPSA) is 92.3 Å². The number of sulfone groups is 1. The summed E-state index contributed by atoms with van der Waals surface area (Å²) in [6.45, 7) is 1.41. The van der Waals surface area contributed by atoms with Crippen LogP contribution in [-0.4, -0.2) is 26.5 Å². The molecule has 0 spiro atoms. The average molecular weight is 346 g/mol. The zero-order chi connectivity index (χ0) is 17.7. The summed E-state index contributed by atoms with van der Waals surface area (Å²) < 4.78 is 22.8. The summed E-state index contributed by atoms with van der Waals surface area (Å²) in [5.74, 6) is -0.425. The Hall–Kier alpha value is -2.67. The molecule has 0 heterocycles. The van der Waals surface area contributed by atoms with Gasteiger partial charge in [-0.3, -0.25) is 9.59 Å². The van der Waals surface area contributed by atoms with Crippen LogP contribution in [0.3, 0.4) is 0 Å². The minimum Gasteiger partial charge on any atom is -0.326 e. The van der Waals surface area contributed by atoms with Crippen LogP contribution in [0.4, 0.5) is 11.4 Å². The number of hydrogen-bond acceptors (Lipinski definition) is 4. The predicted octanol–water partition coefficient (Wildman–Crippen LogP) is 2.23. The van der Waals surface area contributed by atoms with E-state index < -0.39 is 9.84 Å².